The van der Waals surface area contributed by atoms with Gasteiger partial charge in [-0.05, 0) is 30.9 Å². The van der Waals surface area contributed by atoms with Crippen LogP contribution in [0.15, 0.2) is 30.5 Å². The number of nitrogens with one attached hydrogen (secondary N) is 1. The van der Waals surface area contributed by atoms with Crippen molar-refractivity contribution in [3.8, 4) is 0 Å². The third-order valence-corrected chi connectivity index (χ3v) is 4.33. The number of rotatable bonds is 4. The molecule has 4 N–H and O–H groups in total. The molecule has 1 aliphatic heterocycles. The van der Waals surface area contributed by atoms with Crippen LogP contribution in [0.3, 0.4) is 0 Å². The van der Waals surface area contributed by atoms with Gasteiger partial charge in [-0.1, -0.05) is 18.2 Å². The number of carbonyl (C=O) groups excluding carboxylic acids is 1. The highest BCUT2D eigenvalue weighted by Crippen LogP contribution is 2.20. The van der Waals surface area contributed by atoms with E-state index in [9.17, 15) is 9.90 Å². The quantitative estimate of drug-likeness (QED) is 0.798. The number of fused-ring (bicyclic) bond motifs is 1. The minimum absolute atomic E-state index is 0.0917. The Morgan fingerprint density at radius 2 is 2.18 bits per heavy atom. The van der Waals surface area contributed by atoms with Crippen molar-refractivity contribution in [2.45, 2.75) is 37.8 Å². The summed E-state index contributed by atoms with van der Waals surface area (Å²) in [5.74, 6) is 0.0917. The number of hydrogen-bond acceptors (Lipinski definition) is 3. The third kappa shape index (κ3) is 3.31. The van der Waals surface area contributed by atoms with Gasteiger partial charge in [0.05, 0.1) is 6.10 Å². The number of β-amino-alcohol motifs (C(OH)–C–C–N with tert-alkyl or cyclic N) is 1. The highest BCUT2D eigenvalue weighted by atomic mass is 16.3. The summed E-state index contributed by atoms with van der Waals surface area (Å²) < 4.78 is 0. The molecule has 2 heterocycles. The topological polar surface area (TPSA) is 82.3 Å². The number of aromatic amines is 1. The number of aliphatic hydroxyl groups excluding tert-OH is 1. The van der Waals surface area contributed by atoms with Gasteiger partial charge in [0, 0.05) is 42.7 Å². The number of hydrogen-bond donors (Lipinski definition) is 3. The van der Waals surface area contributed by atoms with E-state index in [2.05, 4.69) is 17.1 Å². The van der Waals surface area contributed by atoms with Crippen LogP contribution in [0, 0.1) is 0 Å². The van der Waals surface area contributed by atoms with Crippen LogP contribution >= 0.6 is 0 Å². The van der Waals surface area contributed by atoms with Crippen molar-refractivity contribution >= 4 is 16.8 Å². The Bertz CT molecular complexity index is 642. The number of piperidine rings is 1. The molecule has 0 spiro atoms. The molecule has 0 unspecified atom stereocenters. The number of likely N-dealkylation sites (tertiary alicyclic amines) is 1. The van der Waals surface area contributed by atoms with Gasteiger partial charge in [0.25, 0.3) is 0 Å². The SMILES string of the molecule is N[C@H]1C[C@@H](O)CN(C(=O)CCCc2c[nH]c3ccccc23)C1. The number of aromatic nitrogens is 1. The van der Waals surface area contributed by atoms with Crippen molar-refractivity contribution in [2.24, 2.45) is 5.73 Å². The number of aryl methyl sites for hydroxylation is 1. The number of aliphatic hydroxyl groups is 1. The predicted octanol–water partition coefficient (Wildman–Crippen LogP) is 1.41. The number of para-hydroxylation sites is 1. The molecule has 1 aromatic heterocycles. The maximum absolute atomic E-state index is 12.2. The Labute approximate surface area is 130 Å². The molecule has 1 saturated heterocycles. The van der Waals surface area contributed by atoms with Crippen molar-refractivity contribution in [3.63, 3.8) is 0 Å². The molecule has 0 radical (unpaired) electrons. The van der Waals surface area contributed by atoms with E-state index in [1.54, 1.807) is 4.90 Å². The van der Waals surface area contributed by atoms with E-state index in [0.717, 1.165) is 18.4 Å². The van der Waals surface area contributed by atoms with Gasteiger partial charge in [0.15, 0.2) is 0 Å². The minimum Gasteiger partial charge on any atom is -0.391 e. The summed E-state index contributed by atoms with van der Waals surface area (Å²) >= 11 is 0. The number of carbonyl (C=O) groups is 1. The molecular weight excluding hydrogens is 278 g/mol. The molecular formula is C17H23N3O2. The molecule has 1 amide bonds. The first-order chi connectivity index (χ1) is 10.6. The van der Waals surface area contributed by atoms with E-state index >= 15 is 0 Å². The summed E-state index contributed by atoms with van der Waals surface area (Å²) in [7, 11) is 0. The molecule has 118 valence electrons. The highest BCUT2D eigenvalue weighted by Gasteiger charge is 2.26. The number of amides is 1. The number of nitrogens with two attached hydrogens (primary N) is 1. The van der Waals surface area contributed by atoms with Gasteiger partial charge < -0.3 is 20.7 Å². The van der Waals surface area contributed by atoms with Gasteiger partial charge in [0.1, 0.15) is 0 Å². The van der Waals surface area contributed by atoms with Gasteiger partial charge in [-0.25, -0.2) is 0 Å². The molecule has 1 aliphatic rings. The normalized spacial score (nSPS) is 22.2. The zero-order chi connectivity index (χ0) is 15.5. The number of benzene rings is 1. The Hall–Kier alpha value is -1.85. The van der Waals surface area contributed by atoms with Gasteiger partial charge in [-0.3, -0.25) is 4.79 Å². The molecule has 0 saturated carbocycles. The van der Waals surface area contributed by atoms with Crippen molar-refractivity contribution in [3.05, 3.63) is 36.0 Å². The zero-order valence-corrected chi connectivity index (χ0v) is 12.7. The monoisotopic (exact) mass is 301 g/mol. The smallest absolute Gasteiger partial charge is 0.222 e. The van der Waals surface area contributed by atoms with Crippen LogP contribution in [0.25, 0.3) is 10.9 Å². The molecule has 22 heavy (non-hydrogen) atoms. The first-order valence-electron chi connectivity index (χ1n) is 7.90. The molecule has 5 nitrogen and oxygen atoms in total. The lowest BCUT2D eigenvalue weighted by Gasteiger charge is -2.34. The van der Waals surface area contributed by atoms with Crippen LogP contribution in [0.5, 0.6) is 0 Å². The minimum atomic E-state index is -0.485. The van der Waals surface area contributed by atoms with Crippen LogP contribution < -0.4 is 5.73 Å². The Balaban J connectivity index is 1.53. The lowest BCUT2D eigenvalue weighted by Crippen LogP contribution is -2.51. The first kappa shape index (κ1) is 15.1. The molecule has 2 atom stereocenters. The van der Waals surface area contributed by atoms with E-state index in [0.29, 0.717) is 25.9 Å². The summed E-state index contributed by atoms with van der Waals surface area (Å²) in [6.07, 6.45) is 4.30. The standard InChI is InChI=1S/C17H23N3O2/c18-13-8-14(21)11-20(10-13)17(22)7-3-4-12-9-19-16-6-2-1-5-15(12)16/h1-2,5-6,9,13-14,19,21H,3-4,7-8,10-11,18H2/t13-,14+/m0/s1. The van der Waals surface area contributed by atoms with Gasteiger partial charge >= 0.3 is 0 Å². The van der Waals surface area contributed by atoms with Crippen molar-refractivity contribution in [2.75, 3.05) is 13.1 Å². The van der Waals surface area contributed by atoms with Gasteiger partial charge in [-0.2, -0.15) is 0 Å². The van der Waals surface area contributed by atoms with E-state index < -0.39 is 6.10 Å². The summed E-state index contributed by atoms with van der Waals surface area (Å²) in [6.45, 7) is 0.975. The second kappa shape index (κ2) is 6.50. The lowest BCUT2D eigenvalue weighted by molar-refractivity contribution is -0.134. The summed E-state index contributed by atoms with van der Waals surface area (Å²) in [6, 6.07) is 8.09. The van der Waals surface area contributed by atoms with Crippen LogP contribution in [0.4, 0.5) is 0 Å². The molecule has 1 fully saturated rings. The van der Waals surface area contributed by atoms with Crippen molar-refractivity contribution in [1.29, 1.82) is 0 Å². The zero-order valence-electron chi connectivity index (χ0n) is 12.7. The van der Waals surface area contributed by atoms with E-state index in [1.165, 1.54) is 10.9 Å². The molecule has 1 aromatic carbocycles. The van der Waals surface area contributed by atoms with Crippen molar-refractivity contribution in [1.82, 2.24) is 9.88 Å². The molecule has 3 rings (SSSR count). The van der Waals surface area contributed by atoms with Gasteiger partial charge in [-0.15, -0.1) is 0 Å². The van der Waals surface area contributed by atoms with Crippen LogP contribution in [-0.4, -0.2) is 46.1 Å². The Morgan fingerprint density at radius 3 is 3.00 bits per heavy atom. The number of H-pyrrole nitrogens is 1. The lowest BCUT2D eigenvalue weighted by atomic mass is 10.0. The fourth-order valence-electron chi connectivity index (χ4n) is 3.24. The highest BCUT2D eigenvalue weighted by molar-refractivity contribution is 5.83. The van der Waals surface area contributed by atoms with Crippen LogP contribution in [0.2, 0.25) is 0 Å². The Morgan fingerprint density at radius 1 is 1.36 bits per heavy atom. The van der Waals surface area contributed by atoms with E-state index in [1.807, 2.05) is 18.3 Å². The first-order valence-corrected chi connectivity index (χ1v) is 7.90. The number of nitrogens with zero attached hydrogens (tertiary/aromatic N) is 1. The predicted molar refractivity (Wildman–Crippen MR) is 86.4 cm³/mol. The molecule has 5 heteroatoms. The largest absolute Gasteiger partial charge is 0.391 e. The second-order valence-corrected chi connectivity index (χ2v) is 6.16. The van der Waals surface area contributed by atoms with E-state index in [-0.39, 0.29) is 11.9 Å². The van der Waals surface area contributed by atoms with Crippen molar-refractivity contribution < 1.29 is 9.90 Å². The fraction of sp³-hybridized carbons (Fsp3) is 0.471. The fourth-order valence-corrected chi connectivity index (χ4v) is 3.24. The van der Waals surface area contributed by atoms with E-state index in [4.69, 9.17) is 5.73 Å². The average molecular weight is 301 g/mol. The summed E-state index contributed by atoms with van der Waals surface area (Å²) in [4.78, 5) is 17.2. The maximum atomic E-state index is 12.2. The molecule has 2 aromatic rings. The Kier molecular flexibility index (Phi) is 4.45. The van der Waals surface area contributed by atoms with Crippen LogP contribution in [0.1, 0.15) is 24.8 Å². The molecule has 0 aliphatic carbocycles. The molecule has 0 bridgehead atoms. The maximum Gasteiger partial charge on any atom is 0.222 e. The third-order valence-electron chi connectivity index (χ3n) is 4.33. The summed E-state index contributed by atoms with van der Waals surface area (Å²) in [5, 5.41) is 10.9. The van der Waals surface area contributed by atoms with Gasteiger partial charge in [0.2, 0.25) is 5.91 Å². The summed E-state index contributed by atoms with van der Waals surface area (Å²) in [5.41, 5.74) is 8.25. The average Bonchev–Trinajstić information content (AvgIpc) is 2.90. The van der Waals surface area contributed by atoms with Crippen LogP contribution in [-0.2, 0) is 11.2 Å². The second-order valence-electron chi connectivity index (χ2n) is 6.16.